The number of halogens is 1. The summed E-state index contributed by atoms with van der Waals surface area (Å²) in [5, 5.41) is 6.37. The first-order chi connectivity index (χ1) is 16.6. The molecule has 2 aromatic heterocycles. The largest absolute Gasteiger partial charge is 0.492 e. The third kappa shape index (κ3) is 3.38. The Morgan fingerprint density at radius 1 is 1.32 bits per heavy atom. The fourth-order valence-electron chi connectivity index (χ4n) is 5.39. The Balaban J connectivity index is 1.56. The zero-order valence-corrected chi connectivity index (χ0v) is 18.9. The number of aromatic amines is 1. The monoisotopic (exact) mass is 463 g/mol. The first kappa shape index (κ1) is 21.0. The quantitative estimate of drug-likeness (QED) is 0.549. The van der Waals surface area contributed by atoms with E-state index in [2.05, 4.69) is 25.5 Å². The number of anilines is 2. The number of rotatable bonds is 3. The van der Waals surface area contributed by atoms with Crippen molar-refractivity contribution in [3.05, 3.63) is 53.7 Å². The predicted molar refractivity (Wildman–Crippen MR) is 125 cm³/mol. The van der Waals surface area contributed by atoms with Crippen molar-refractivity contribution in [2.24, 2.45) is 0 Å². The Morgan fingerprint density at radius 3 is 3.12 bits per heavy atom. The number of amides is 1. The standard InChI is InChI=1S/C25H26FN5O3/c1-33-24-17(26)5-2-6-18(24)29-23-20-21-14(10-28-25(20)32)12-31-9-3-4-15(31)13-34-19-11-27-8-7-16(19)22(23)30-21/h2,5-8,11,14-15,29-30H,3-4,9-10,12-13H2,1H3,(H,28,32)/t14-,15+/m1/s1. The van der Waals surface area contributed by atoms with Crippen LogP contribution in [0.5, 0.6) is 11.5 Å². The number of methoxy groups -OCH3 is 1. The Kier molecular flexibility index (Phi) is 5.13. The maximum atomic E-state index is 14.4. The molecule has 5 heterocycles. The highest BCUT2D eigenvalue weighted by molar-refractivity contribution is 6.07. The summed E-state index contributed by atoms with van der Waals surface area (Å²) < 4.78 is 26.0. The van der Waals surface area contributed by atoms with Crippen molar-refractivity contribution < 1.29 is 18.7 Å². The predicted octanol–water partition coefficient (Wildman–Crippen LogP) is 3.65. The molecular formula is C25H26FN5O3. The second kappa shape index (κ2) is 8.32. The van der Waals surface area contributed by atoms with E-state index in [0.29, 0.717) is 47.6 Å². The number of benzene rings is 1. The van der Waals surface area contributed by atoms with Crippen molar-refractivity contribution in [2.75, 3.05) is 38.7 Å². The molecule has 0 spiro atoms. The molecule has 0 unspecified atom stereocenters. The normalized spacial score (nSPS) is 21.5. The van der Waals surface area contributed by atoms with Crippen LogP contribution in [0.25, 0.3) is 11.3 Å². The molecule has 3 aliphatic rings. The van der Waals surface area contributed by atoms with Crippen LogP contribution in [0.3, 0.4) is 0 Å². The van der Waals surface area contributed by atoms with Crippen molar-refractivity contribution in [1.82, 2.24) is 20.2 Å². The van der Waals surface area contributed by atoms with Gasteiger partial charge < -0.3 is 25.1 Å². The summed E-state index contributed by atoms with van der Waals surface area (Å²) >= 11 is 0. The summed E-state index contributed by atoms with van der Waals surface area (Å²) in [5.41, 5.74) is 3.92. The maximum absolute atomic E-state index is 14.4. The van der Waals surface area contributed by atoms with Crippen LogP contribution in [0.15, 0.2) is 36.7 Å². The van der Waals surface area contributed by atoms with Gasteiger partial charge in [-0.05, 0) is 37.6 Å². The van der Waals surface area contributed by atoms with E-state index in [1.54, 1.807) is 24.5 Å². The van der Waals surface area contributed by atoms with Crippen molar-refractivity contribution in [3.63, 3.8) is 0 Å². The highest BCUT2D eigenvalue weighted by Gasteiger charge is 2.37. The second-order valence-corrected chi connectivity index (χ2v) is 8.99. The first-order valence-electron chi connectivity index (χ1n) is 11.6. The smallest absolute Gasteiger partial charge is 0.255 e. The van der Waals surface area contributed by atoms with Gasteiger partial charge in [-0.25, -0.2) is 4.39 Å². The number of hydrogen-bond donors (Lipinski definition) is 3. The summed E-state index contributed by atoms with van der Waals surface area (Å²) in [5.74, 6) is 0.172. The number of hydrogen-bond acceptors (Lipinski definition) is 6. The van der Waals surface area contributed by atoms with E-state index in [1.807, 2.05) is 6.07 Å². The molecule has 34 heavy (non-hydrogen) atoms. The molecule has 2 atom stereocenters. The van der Waals surface area contributed by atoms with E-state index >= 15 is 0 Å². The molecule has 6 rings (SSSR count). The average Bonchev–Trinajstić information content (AvgIpc) is 3.44. The van der Waals surface area contributed by atoms with Gasteiger partial charge in [0.2, 0.25) is 0 Å². The zero-order valence-electron chi connectivity index (χ0n) is 18.9. The van der Waals surface area contributed by atoms with Crippen molar-refractivity contribution in [3.8, 4) is 22.8 Å². The lowest BCUT2D eigenvalue weighted by Crippen LogP contribution is -2.43. The van der Waals surface area contributed by atoms with Gasteiger partial charge in [-0.3, -0.25) is 14.7 Å². The number of carbonyl (C=O) groups excluding carboxylic acids is 1. The van der Waals surface area contributed by atoms with Crippen LogP contribution in [0.4, 0.5) is 15.8 Å². The molecule has 3 N–H and O–H groups in total. The topological polar surface area (TPSA) is 91.5 Å². The Morgan fingerprint density at radius 2 is 2.24 bits per heavy atom. The van der Waals surface area contributed by atoms with E-state index in [0.717, 1.165) is 37.2 Å². The minimum atomic E-state index is -0.483. The first-order valence-corrected chi connectivity index (χ1v) is 11.6. The number of carbonyl (C=O) groups is 1. The Labute approximate surface area is 196 Å². The summed E-state index contributed by atoms with van der Waals surface area (Å²) in [6.45, 7) is 2.96. The maximum Gasteiger partial charge on any atom is 0.255 e. The lowest BCUT2D eigenvalue weighted by molar-refractivity contribution is 0.0931. The van der Waals surface area contributed by atoms with Crippen LogP contribution in [0, 0.1) is 5.82 Å². The van der Waals surface area contributed by atoms with Crippen molar-refractivity contribution in [2.45, 2.75) is 24.8 Å². The van der Waals surface area contributed by atoms with Crippen LogP contribution in [0.1, 0.15) is 34.8 Å². The van der Waals surface area contributed by atoms with Gasteiger partial charge in [-0.15, -0.1) is 0 Å². The fraction of sp³-hybridized carbons (Fsp3) is 0.360. The molecule has 9 heteroatoms. The summed E-state index contributed by atoms with van der Waals surface area (Å²) in [4.78, 5) is 23.4. The molecule has 1 amide bonds. The molecular weight excluding hydrogens is 437 g/mol. The van der Waals surface area contributed by atoms with Crippen LogP contribution in [-0.4, -0.2) is 60.2 Å². The number of ether oxygens (including phenoxy) is 2. The summed E-state index contributed by atoms with van der Waals surface area (Å²) in [6, 6.07) is 6.88. The van der Waals surface area contributed by atoms with Crippen molar-refractivity contribution in [1.29, 1.82) is 0 Å². The van der Waals surface area contributed by atoms with Gasteiger partial charge >= 0.3 is 0 Å². The lowest BCUT2D eigenvalue weighted by Gasteiger charge is -2.31. The van der Waals surface area contributed by atoms with E-state index < -0.39 is 5.82 Å². The molecule has 3 aromatic rings. The Bertz CT molecular complexity index is 1260. The molecule has 0 aliphatic carbocycles. The number of nitrogens with zero attached hydrogens (tertiary/aromatic N) is 2. The van der Waals surface area contributed by atoms with E-state index in [1.165, 1.54) is 13.2 Å². The zero-order chi connectivity index (χ0) is 23.2. The molecule has 1 aromatic carbocycles. The second-order valence-electron chi connectivity index (χ2n) is 8.99. The number of H-pyrrole nitrogens is 1. The van der Waals surface area contributed by atoms with Crippen LogP contribution in [0.2, 0.25) is 0 Å². The minimum Gasteiger partial charge on any atom is -0.492 e. The van der Waals surface area contributed by atoms with Gasteiger partial charge in [0.05, 0.1) is 35.9 Å². The van der Waals surface area contributed by atoms with E-state index in [4.69, 9.17) is 9.47 Å². The van der Waals surface area contributed by atoms with E-state index in [-0.39, 0.29) is 17.6 Å². The minimum absolute atomic E-state index is 0.0865. The number of pyridine rings is 1. The molecule has 176 valence electrons. The molecule has 0 radical (unpaired) electrons. The van der Waals surface area contributed by atoms with Gasteiger partial charge in [-0.2, -0.15) is 0 Å². The lowest BCUT2D eigenvalue weighted by atomic mass is 9.95. The number of para-hydroxylation sites is 1. The summed E-state index contributed by atoms with van der Waals surface area (Å²) in [6.07, 6.45) is 5.62. The van der Waals surface area contributed by atoms with Gasteiger partial charge in [0.15, 0.2) is 11.6 Å². The number of fused-ring (bicyclic) bond motifs is 4. The third-order valence-electron chi connectivity index (χ3n) is 7.04. The Hall–Kier alpha value is -3.59. The average molecular weight is 464 g/mol. The van der Waals surface area contributed by atoms with Gasteiger partial charge in [-0.1, -0.05) is 6.07 Å². The van der Waals surface area contributed by atoms with E-state index in [9.17, 15) is 9.18 Å². The highest BCUT2D eigenvalue weighted by Crippen LogP contribution is 2.44. The number of aromatic nitrogens is 2. The molecule has 0 saturated carbocycles. The molecule has 8 nitrogen and oxygen atoms in total. The molecule has 1 saturated heterocycles. The molecule has 1 fully saturated rings. The molecule has 3 aliphatic heterocycles. The fourth-order valence-corrected chi connectivity index (χ4v) is 5.39. The third-order valence-corrected chi connectivity index (χ3v) is 7.04. The van der Waals surface area contributed by atoms with Gasteiger partial charge in [0.25, 0.3) is 5.91 Å². The van der Waals surface area contributed by atoms with Crippen molar-refractivity contribution >= 4 is 17.3 Å². The van der Waals surface area contributed by atoms with Crippen LogP contribution in [-0.2, 0) is 0 Å². The SMILES string of the molecule is COc1c(F)cccc1Nc1c2[nH]c3c1C(=O)NC[C@@H]3CN1CCC[C@H]1COc1cnccc1-2. The van der Waals surface area contributed by atoms with Gasteiger partial charge in [0.1, 0.15) is 12.4 Å². The van der Waals surface area contributed by atoms with Gasteiger partial charge in [0, 0.05) is 42.5 Å². The number of nitrogens with one attached hydrogen (secondary N) is 3. The summed E-state index contributed by atoms with van der Waals surface area (Å²) in [7, 11) is 1.42. The van der Waals surface area contributed by atoms with Crippen LogP contribution >= 0.6 is 0 Å². The highest BCUT2D eigenvalue weighted by atomic mass is 19.1. The molecule has 2 bridgehead atoms. The van der Waals surface area contributed by atoms with Crippen LogP contribution < -0.4 is 20.1 Å².